The van der Waals surface area contributed by atoms with Gasteiger partial charge in [0.25, 0.3) is 0 Å². The SMILES string of the molecule is c1ccc2c(c1)c1ccc3c4c1c1n2c2ccccc2[n+]1C41c2c(ccc4c5nnccc5n5c6ccccc6[n+]1c5c24)O3. The van der Waals surface area contributed by atoms with Crippen molar-refractivity contribution in [1.82, 2.24) is 19.0 Å². The van der Waals surface area contributed by atoms with Crippen molar-refractivity contribution in [3.63, 3.8) is 0 Å². The highest BCUT2D eigenvalue weighted by Gasteiger charge is 2.67. The number of pyridine rings is 2. The molecule has 0 aliphatic carbocycles. The van der Waals surface area contributed by atoms with Crippen LogP contribution in [-0.4, -0.2) is 19.0 Å². The van der Waals surface area contributed by atoms with E-state index >= 15 is 0 Å². The molecule has 7 nitrogen and oxygen atoms in total. The number of imidazole rings is 2. The van der Waals surface area contributed by atoms with Crippen LogP contribution >= 0.6 is 0 Å². The second-order valence-electron chi connectivity index (χ2n) is 12.2. The lowest BCUT2D eigenvalue weighted by Gasteiger charge is -2.30. The molecule has 3 aliphatic rings. The van der Waals surface area contributed by atoms with Gasteiger partial charge < -0.3 is 4.74 Å². The van der Waals surface area contributed by atoms with E-state index in [-0.39, 0.29) is 0 Å². The van der Waals surface area contributed by atoms with Crippen LogP contribution in [0.1, 0.15) is 11.1 Å². The van der Waals surface area contributed by atoms with E-state index in [0.29, 0.717) is 0 Å². The molecule has 0 N–H and O–H groups in total. The van der Waals surface area contributed by atoms with Crippen LogP contribution in [0.3, 0.4) is 0 Å². The number of hydrogen-bond donors (Lipinski definition) is 0. The minimum absolute atomic E-state index is 0.711. The van der Waals surface area contributed by atoms with Crippen molar-refractivity contribution in [3.05, 3.63) is 120 Å². The van der Waals surface area contributed by atoms with Crippen LogP contribution in [0.2, 0.25) is 0 Å². The van der Waals surface area contributed by atoms with Gasteiger partial charge in [0.15, 0.2) is 27.6 Å². The van der Waals surface area contributed by atoms with Crippen molar-refractivity contribution >= 4 is 76.8 Å². The fourth-order valence-corrected chi connectivity index (χ4v) is 9.23. The molecular formula is C37H18N6O+2. The fraction of sp³-hybridized carbons (Fsp3) is 0.0270. The first kappa shape index (κ1) is 20.7. The Morgan fingerprint density at radius 3 is 1.86 bits per heavy atom. The molecule has 1 spiro atoms. The monoisotopic (exact) mass is 562 g/mol. The Bertz CT molecular complexity index is 2890. The van der Waals surface area contributed by atoms with Gasteiger partial charge in [0.1, 0.15) is 33.7 Å². The van der Waals surface area contributed by atoms with Crippen LogP contribution in [0.5, 0.6) is 11.5 Å². The van der Waals surface area contributed by atoms with E-state index in [1.54, 1.807) is 6.20 Å². The molecule has 1 atom stereocenters. The second kappa shape index (κ2) is 6.31. The molecule has 7 heteroatoms. The molecule has 3 aliphatic heterocycles. The Balaban J connectivity index is 1.45. The minimum Gasteiger partial charge on any atom is -0.456 e. The van der Waals surface area contributed by atoms with Crippen molar-refractivity contribution in [3.8, 4) is 11.5 Å². The third kappa shape index (κ3) is 1.80. The van der Waals surface area contributed by atoms with Gasteiger partial charge in [-0.2, -0.15) is 23.0 Å². The summed E-state index contributed by atoms with van der Waals surface area (Å²) in [5.41, 5.74) is 11.8. The van der Waals surface area contributed by atoms with Crippen LogP contribution in [0.4, 0.5) is 0 Å². The van der Waals surface area contributed by atoms with Crippen LogP contribution < -0.4 is 13.9 Å². The van der Waals surface area contributed by atoms with E-state index in [1.807, 2.05) is 0 Å². The molecule has 0 bridgehead atoms. The molecule has 5 aromatic carbocycles. The standard InChI is InChI=1S/C37H18N6O/c1-2-8-22-19(7-1)20-13-15-28-32-30(20)35-40(22)23-9-3-5-11-25(23)42(35)37(32)33-29(44-28)16-14-21-31(33)36-41(27-17-18-38-39-34(21)27)24-10-4-6-12-26(24)43(36)37/h1-18H/q+2. The van der Waals surface area contributed by atoms with Crippen molar-refractivity contribution in [2.24, 2.45) is 0 Å². The topological polar surface area (TPSA) is 51.6 Å². The summed E-state index contributed by atoms with van der Waals surface area (Å²) >= 11 is 0. The summed E-state index contributed by atoms with van der Waals surface area (Å²) in [5, 5.41) is 15.1. The number of ether oxygens (including phenoxy) is 1. The molecule has 0 radical (unpaired) electrons. The van der Waals surface area contributed by atoms with Crippen molar-refractivity contribution in [2.75, 3.05) is 0 Å². The molecule has 200 valence electrons. The maximum Gasteiger partial charge on any atom is 0.316 e. The van der Waals surface area contributed by atoms with Crippen LogP contribution in [-0.2, 0) is 5.66 Å². The summed E-state index contributed by atoms with van der Waals surface area (Å²) in [6, 6.07) is 37.3. The largest absolute Gasteiger partial charge is 0.456 e. The summed E-state index contributed by atoms with van der Waals surface area (Å²) < 4.78 is 17.0. The molecule has 10 aromatic rings. The smallest absolute Gasteiger partial charge is 0.316 e. The normalized spacial score (nSPS) is 17.4. The Morgan fingerprint density at radius 1 is 0.545 bits per heavy atom. The molecule has 0 saturated heterocycles. The number of aromatic nitrogens is 6. The molecule has 8 heterocycles. The van der Waals surface area contributed by atoms with E-state index in [2.05, 4.69) is 126 Å². The zero-order chi connectivity index (χ0) is 28.1. The lowest BCUT2D eigenvalue weighted by atomic mass is 9.85. The highest BCUT2D eigenvalue weighted by Crippen LogP contribution is 2.58. The molecule has 0 saturated carbocycles. The van der Waals surface area contributed by atoms with Gasteiger partial charge in [0.05, 0.1) is 17.0 Å². The van der Waals surface area contributed by atoms with E-state index < -0.39 is 5.66 Å². The second-order valence-corrected chi connectivity index (χ2v) is 12.2. The summed E-state index contributed by atoms with van der Waals surface area (Å²) in [5.74, 6) is 1.79. The Kier molecular flexibility index (Phi) is 2.97. The fourth-order valence-electron chi connectivity index (χ4n) is 9.23. The van der Waals surface area contributed by atoms with E-state index in [0.717, 1.165) is 39.1 Å². The molecule has 5 aromatic heterocycles. The predicted octanol–water partition coefficient (Wildman–Crippen LogP) is 6.51. The van der Waals surface area contributed by atoms with E-state index in [4.69, 9.17) is 9.84 Å². The quantitative estimate of drug-likeness (QED) is 0.157. The zero-order valence-corrected chi connectivity index (χ0v) is 23.0. The Hall–Kier alpha value is -6.08. The highest BCUT2D eigenvalue weighted by atomic mass is 16.5. The van der Waals surface area contributed by atoms with Crippen LogP contribution in [0.25, 0.3) is 76.8 Å². The summed E-state index contributed by atoms with van der Waals surface area (Å²) in [6.45, 7) is 0. The van der Waals surface area contributed by atoms with Crippen molar-refractivity contribution in [2.45, 2.75) is 5.66 Å². The molecule has 0 fully saturated rings. The molecular weight excluding hydrogens is 544 g/mol. The number of fused-ring (bicyclic) bond motifs is 12. The first-order chi connectivity index (χ1) is 21.9. The van der Waals surface area contributed by atoms with E-state index in [1.165, 1.54) is 60.4 Å². The average molecular weight is 563 g/mol. The van der Waals surface area contributed by atoms with Gasteiger partial charge in [-0.05, 0) is 54.6 Å². The Labute approximate surface area is 247 Å². The molecule has 44 heavy (non-hydrogen) atoms. The summed E-state index contributed by atoms with van der Waals surface area (Å²) in [4.78, 5) is 0. The van der Waals surface area contributed by atoms with Gasteiger partial charge in [0, 0.05) is 22.2 Å². The van der Waals surface area contributed by atoms with Crippen molar-refractivity contribution in [1.29, 1.82) is 0 Å². The predicted molar refractivity (Wildman–Crippen MR) is 167 cm³/mol. The van der Waals surface area contributed by atoms with Gasteiger partial charge in [-0.25, -0.2) is 0 Å². The zero-order valence-electron chi connectivity index (χ0n) is 23.0. The number of benzene rings is 5. The maximum atomic E-state index is 6.91. The van der Waals surface area contributed by atoms with Gasteiger partial charge in [-0.15, -0.1) is 5.10 Å². The van der Waals surface area contributed by atoms with E-state index in [9.17, 15) is 0 Å². The minimum atomic E-state index is -0.711. The van der Waals surface area contributed by atoms with Gasteiger partial charge in [0.2, 0.25) is 0 Å². The summed E-state index contributed by atoms with van der Waals surface area (Å²) in [7, 11) is 0. The van der Waals surface area contributed by atoms with Gasteiger partial charge in [-0.1, -0.05) is 42.5 Å². The van der Waals surface area contributed by atoms with Crippen LogP contribution in [0.15, 0.2) is 109 Å². The van der Waals surface area contributed by atoms with Gasteiger partial charge in [-0.3, -0.25) is 0 Å². The highest BCUT2D eigenvalue weighted by molar-refractivity contribution is 6.18. The lowest BCUT2D eigenvalue weighted by molar-refractivity contribution is -0.923. The molecule has 1 unspecified atom stereocenters. The number of para-hydroxylation sites is 5. The van der Waals surface area contributed by atoms with Gasteiger partial charge >= 0.3 is 17.0 Å². The Morgan fingerprint density at radius 2 is 1.14 bits per heavy atom. The number of hydrogen-bond acceptors (Lipinski definition) is 3. The summed E-state index contributed by atoms with van der Waals surface area (Å²) in [6.07, 6.45) is 1.80. The first-order valence-corrected chi connectivity index (χ1v) is 14.9. The molecule has 13 rings (SSSR count). The third-order valence-corrected chi connectivity index (χ3v) is 10.6. The van der Waals surface area contributed by atoms with Crippen LogP contribution in [0, 0.1) is 0 Å². The number of nitrogens with zero attached hydrogens (tertiary/aromatic N) is 6. The lowest BCUT2D eigenvalue weighted by Crippen LogP contribution is -2.71. The van der Waals surface area contributed by atoms with Crippen molar-refractivity contribution < 1.29 is 13.9 Å². The average Bonchev–Trinajstić information content (AvgIpc) is 3.79. The first-order valence-electron chi connectivity index (χ1n) is 14.9. The number of rotatable bonds is 0. The third-order valence-electron chi connectivity index (χ3n) is 10.6. The molecule has 0 amide bonds. The maximum absolute atomic E-state index is 6.91.